The summed E-state index contributed by atoms with van der Waals surface area (Å²) in [5, 5.41) is 0.809. The van der Waals surface area contributed by atoms with Crippen molar-refractivity contribution >= 4 is 16.9 Å². The van der Waals surface area contributed by atoms with E-state index in [0.717, 1.165) is 22.3 Å². The largest absolute Gasteiger partial charge is 0.462 e. The number of esters is 1. The third kappa shape index (κ3) is 3.11. The standard InChI is InChI=1S/C18H16N2O2/c1-13-5-2-6-14(20-13)10-12-22-18(21)16-7-3-9-17-15(16)8-4-11-19-17/h2-9,11H,10,12H2,1H3. The van der Waals surface area contributed by atoms with E-state index in [0.29, 0.717) is 18.6 Å². The maximum Gasteiger partial charge on any atom is 0.338 e. The summed E-state index contributed by atoms with van der Waals surface area (Å²) < 4.78 is 5.37. The smallest absolute Gasteiger partial charge is 0.338 e. The first-order valence-electron chi connectivity index (χ1n) is 7.17. The van der Waals surface area contributed by atoms with Gasteiger partial charge in [-0.3, -0.25) is 9.97 Å². The normalized spacial score (nSPS) is 10.6. The van der Waals surface area contributed by atoms with Gasteiger partial charge in [0.1, 0.15) is 0 Å². The number of aryl methyl sites for hydroxylation is 1. The van der Waals surface area contributed by atoms with E-state index in [1.165, 1.54) is 0 Å². The molecule has 2 aromatic heterocycles. The van der Waals surface area contributed by atoms with E-state index >= 15 is 0 Å². The molecule has 0 unspecified atom stereocenters. The van der Waals surface area contributed by atoms with Crippen LogP contribution < -0.4 is 0 Å². The predicted octanol–water partition coefficient (Wildman–Crippen LogP) is 3.34. The molecule has 0 amide bonds. The number of fused-ring (bicyclic) bond motifs is 1. The third-order valence-electron chi connectivity index (χ3n) is 3.40. The van der Waals surface area contributed by atoms with Crippen molar-refractivity contribution in [3.63, 3.8) is 0 Å². The van der Waals surface area contributed by atoms with Crippen molar-refractivity contribution in [1.29, 1.82) is 0 Å². The first-order chi connectivity index (χ1) is 10.7. The number of hydrogen-bond donors (Lipinski definition) is 0. The average Bonchev–Trinajstić information content (AvgIpc) is 2.54. The minimum Gasteiger partial charge on any atom is -0.462 e. The van der Waals surface area contributed by atoms with E-state index in [1.807, 2.05) is 49.4 Å². The van der Waals surface area contributed by atoms with Gasteiger partial charge in [-0.1, -0.05) is 18.2 Å². The summed E-state index contributed by atoms with van der Waals surface area (Å²) in [7, 11) is 0. The van der Waals surface area contributed by atoms with Crippen LogP contribution in [0.4, 0.5) is 0 Å². The monoisotopic (exact) mass is 292 g/mol. The lowest BCUT2D eigenvalue weighted by Crippen LogP contribution is -2.09. The molecule has 0 spiro atoms. The zero-order chi connectivity index (χ0) is 15.4. The molecule has 0 radical (unpaired) electrons. The van der Waals surface area contributed by atoms with Gasteiger partial charge in [0.15, 0.2) is 0 Å². The van der Waals surface area contributed by atoms with Gasteiger partial charge in [0.05, 0.1) is 17.7 Å². The highest BCUT2D eigenvalue weighted by molar-refractivity contribution is 6.03. The molecular formula is C18H16N2O2. The Kier molecular flexibility index (Phi) is 4.10. The molecule has 3 rings (SSSR count). The molecule has 4 heteroatoms. The van der Waals surface area contributed by atoms with Crippen LogP contribution in [-0.2, 0) is 11.2 Å². The van der Waals surface area contributed by atoms with Crippen molar-refractivity contribution in [1.82, 2.24) is 9.97 Å². The molecule has 0 aliphatic carbocycles. The van der Waals surface area contributed by atoms with E-state index in [9.17, 15) is 4.79 Å². The van der Waals surface area contributed by atoms with E-state index in [4.69, 9.17) is 4.74 Å². The van der Waals surface area contributed by atoms with E-state index in [-0.39, 0.29) is 5.97 Å². The molecule has 3 aromatic rings. The second kappa shape index (κ2) is 6.35. The Morgan fingerprint density at radius 2 is 1.95 bits per heavy atom. The molecule has 0 fully saturated rings. The highest BCUT2D eigenvalue weighted by Gasteiger charge is 2.11. The van der Waals surface area contributed by atoms with Crippen LogP contribution in [0.2, 0.25) is 0 Å². The molecule has 0 N–H and O–H groups in total. The van der Waals surface area contributed by atoms with Crippen molar-refractivity contribution in [2.75, 3.05) is 6.61 Å². The fourth-order valence-electron chi connectivity index (χ4n) is 2.35. The highest BCUT2D eigenvalue weighted by Crippen LogP contribution is 2.17. The van der Waals surface area contributed by atoms with Crippen LogP contribution in [0.15, 0.2) is 54.7 Å². The van der Waals surface area contributed by atoms with Gasteiger partial charge >= 0.3 is 5.97 Å². The third-order valence-corrected chi connectivity index (χ3v) is 3.40. The molecule has 0 atom stereocenters. The molecule has 0 aliphatic heterocycles. The molecule has 0 saturated heterocycles. The zero-order valence-corrected chi connectivity index (χ0v) is 12.3. The average molecular weight is 292 g/mol. The minimum atomic E-state index is -0.328. The fourth-order valence-corrected chi connectivity index (χ4v) is 2.35. The van der Waals surface area contributed by atoms with E-state index in [1.54, 1.807) is 12.3 Å². The number of carbonyl (C=O) groups excluding carboxylic acids is 1. The van der Waals surface area contributed by atoms with Crippen LogP contribution in [0.5, 0.6) is 0 Å². The molecule has 110 valence electrons. The SMILES string of the molecule is Cc1cccc(CCOC(=O)c2cccc3ncccc23)n1. The summed E-state index contributed by atoms with van der Waals surface area (Å²) in [5.41, 5.74) is 3.22. The van der Waals surface area contributed by atoms with Crippen LogP contribution in [-0.4, -0.2) is 22.5 Å². The lowest BCUT2D eigenvalue weighted by atomic mass is 10.1. The van der Waals surface area contributed by atoms with Gasteiger partial charge < -0.3 is 4.74 Å². The number of carbonyl (C=O) groups is 1. The fraction of sp³-hybridized carbons (Fsp3) is 0.167. The van der Waals surface area contributed by atoms with Crippen molar-refractivity contribution < 1.29 is 9.53 Å². The van der Waals surface area contributed by atoms with Crippen molar-refractivity contribution in [3.8, 4) is 0 Å². The Bertz CT molecular complexity index is 810. The lowest BCUT2D eigenvalue weighted by molar-refractivity contribution is 0.0511. The van der Waals surface area contributed by atoms with Crippen LogP contribution in [0, 0.1) is 6.92 Å². The summed E-state index contributed by atoms with van der Waals surface area (Å²) in [6, 6.07) is 15.0. The summed E-state index contributed by atoms with van der Waals surface area (Å²) in [6.07, 6.45) is 2.32. The molecule has 0 aliphatic rings. The zero-order valence-electron chi connectivity index (χ0n) is 12.3. The number of pyridine rings is 2. The number of benzene rings is 1. The van der Waals surface area contributed by atoms with Crippen LogP contribution in [0.25, 0.3) is 10.9 Å². The Balaban J connectivity index is 1.69. The Hall–Kier alpha value is -2.75. The van der Waals surface area contributed by atoms with Gasteiger partial charge in [-0.15, -0.1) is 0 Å². The highest BCUT2D eigenvalue weighted by atomic mass is 16.5. The first kappa shape index (κ1) is 14.2. The van der Waals surface area contributed by atoms with Gasteiger partial charge in [0.2, 0.25) is 0 Å². The molecule has 2 heterocycles. The number of ether oxygens (including phenoxy) is 1. The van der Waals surface area contributed by atoms with Crippen molar-refractivity contribution in [3.05, 3.63) is 71.7 Å². The summed E-state index contributed by atoms with van der Waals surface area (Å²) in [5.74, 6) is -0.328. The van der Waals surface area contributed by atoms with E-state index in [2.05, 4.69) is 9.97 Å². The maximum atomic E-state index is 12.2. The predicted molar refractivity (Wildman–Crippen MR) is 84.7 cm³/mol. The number of rotatable bonds is 4. The second-order valence-corrected chi connectivity index (χ2v) is 5.03. The Morgan fingerprint density at radius 1 is 1.09 bits per heavy atom. The van der Waals surface area contributed by atoms with Crippen LogP contribution in [0.3, 0.4) is 0 Å². The molecule has 22 heavy (non-hydrogen) atoms. The van der Waals surface area contributed by atoms with Crippen LogP contribution >= 0.6 is 0 Å². The van der Waals surface area contributed by atoms with E-state index < -0.39 is 0 Å². The van der Waals surface area contributed by atoms with Crippen molar-refractivity contribution in [2.24, 2.45) is 0 Å². The minimum absolute atomic E-state index is 0.311. The number of nitrogens with zero attached hydrogens (tertiary/aromatic N) is 2. The topological polar surface area (TPSA) is 52.1 Å². The van der Waals surface area contributed by atoms with Crippen molar-refractivity contribution in [2.45, 2.75) is 13.3 Å². The summed E-state index contributed by atoms with van der Waals surface area (Å²) in [4.78, 5) is 20.9. The lowest BCUT2D eigenvalue weighted by Gasteiger charge is -2.07. The maximum absolute atomic E-state index is 12.2. The molecule has 4 nitrogen and oxygen atoms in total. The Labute approximate surface area is 128 Å². The summed E-state index contributed by atoms with van der Waals surface area (Å²) in [6.45, 7) is 2.25. The van der Waals surface area contributed by atoms with Gasteiger partial charge in [0.25, 0.3) is 0 Å². The van der Waals surface area contributed by atoms with Gasteiger partial charge in [-0.2, -0.15) is 0 Å². The second-order valence-electron chi connectivity index (χ2n) is 5.03. The van der Waals surface area contributed by atoms with Crippen LogP contribution in [0.1, 0.15) is 21.7 Å². The molecule has 1 aromatic carbocycles. The van der Waals surface area contributed by atoms with Gasteiger partial charge in [-0.05, 0) is 37.3 Å². The number of aromatic nitrogens is 2. The summed E-state index contributed by atoms with van der Waals surface area (Å²) >= 11 is 0. The molecule has 0 saturated carbocycles. The molecular weight excluding hydrogens is 276 g/mol. The number of hydrogen-bond acceptors (Lipinski definition) is 4. The van der Waals surface area contributed by atoms with Gasteiger partial charge in [-0.25, -0.2) is 4.79 Å². The Morgan fingerprint density at radius 3 is 2.82 bits per heavy atom. The van der Waals surface area contributed by atoms with Gasteiger partial charge in [0, 0.05) is 29.4 Å². The molecule has 0 bridgehead atoms. The quantitative estimate of drug-likeness (QED) is 0.692. The first-order valence-corrected chi connectivity index (χ1v) is 7.17.